The van der Waals surface area contributed by atoms with Crippen LogP contribution in [0.1, 0.15) is 21.5 Å². The summed E-state index contributed by atoms with van der Waals surface area (Å²) in [6.07, 6.45) is 3.38. The molecular weight excluding hydrogens is 388 g/mol. The zero-order valence-electron chi connectivity index (χ0n) is 16.5. The molecule has 0 spiro atoms. The Morgan fingerprint density at radius 3 is 2.80 bits per heavy atom. The summed E-state index contributed by atoms with van der Waals surface area (Å²) in [6.45, 7) is 0.514. The Morgan fingerprint density at radius 1 is 1.27 bits per heavy atom. The van der Waals surface area contributed by atoms with Gasteiger partial charge in [-0.3, -0.25) is 19.9 Å². The number of aromatic nitrogens is 1. The molecule has 0 radical (unpaired) electrons. The van der Waals surface area contributed by atoms with E-state index in [4.69, 9.17) is 9.47 Å². The molecule has 2 heterocycles. The van der Waals surface area contributed by atoms with Crippen molar-refractivity contribution >= 4 is 18.3 Å². The highest BCUT2D eigenvalue weighted by atomic mass is 16.5. The van der Waals surface area contributed by atoms with Gasteiger partial charge in [-0.15, -0.1) is 0 Å². The molecule has 3 rings (SSSR count). The lowest BCUT2D eigenvalue weighted by atomic mass is 10.1. The van der Waals surface area contributed by atoms with E-state index in [0.717, 1.165) is 5.56 Å². The fraction of sp³-hybridized carbons (Fsp3) is 0.238. The van der Waals surface area contributed by atoms with Gasteiger partial charge in [0.1, 0.15) is 17.5 Å². The van der Waals surface area contributed by atoms with E-state index in [1.807, 2.05) is 11.4 Å². The number of amides is 4. The molecule has 154 valence electrons. The molecule has 0 saturated heterocycles. The zero-order chi connectivity index (χ0) is 21.5. The first-order valence-corrected chi connectivity index (χ1v) is 9.01. The minimum atomic E-state index is -0.726. The summed E-state index contributed by atoms with van der Waals surface area (Å²) in [7, 11) is 3.06. The van der Waals surface area contributed by atoms with Gasteiger partial charge in [0, 0.05) is 23.9 Å². The summed E-state index contributed by atoms with van der Waals surface area (Å²) in [5, 5.41) is 4.60. The molecule has 1 aliphatic rings. The van der Waals surface area contributed by atoms with Gasteiger partial charge in [0.15, 0.2) is 0 Å². The van der Waals surface area contributed by atoms with Gasteiger partial charge in [-0.1, -0.05) is 17.9 Å². The molecule has 1 aromatic heterocycles. The first kappa shape index (κ1) is 20.7. The smallest absolute Gasteiger partial charge is 0.322 e. The molecule has 9 nitrogen and oxygen atoms in total. The summed E-state index contributed by atoms with van der Waals surface area (Å²) < 4.78 is 10.3. The number of carbonyl (C=O) groups excluding carboxylic acids is 3. The van der Waals surface area contributed by atoms with Crippen LogP contribution in [0.2, 0.25) is 0 Å². The van der Waals surface area contributed by atoms with Crippen LogP contribution in [0.5, 0.6) is 11.5 Å². The van der Waals surface area contributed by atoms with Gasteiger partial charge in [0.05, 0.1) is 27.0 Å². The Balaban J connectivity index is 1.79. The predicted octanol–water partition coefficient (Wildman–Crippen LogP) is 0.930. The van der Waals surface area contributed by atoms with Gasteiger partial charge in [0.2, 0.25) is 6.41 Å². The van der Waals surface area contributed by atoms with Crippen molar-refractivity contribution in [2.45, 2.75) is 12.6 Å². The summed E-state index contributed by atoms with van der Waals surface area (Å²) >= 11 is 0. The Kier molecular flexibility index (Phi) is 6.49. The van der Waals surface area contributed by atoms with Gasteiger partial charge in [-0.2, -0.15) is 0 Å². The standard InChI is InChI=1S/C21H20N4O5/c1-29-17-6-4-15-11-25(20(27)19(15)8-17)12-16(24-21(28)23-13-26)5-3-14-7-18(30-2)10-22-9-14/h4,6-10,13,16H,11-12H2,1-2H3,(H2,23,24,26,28)/t16-/m1/s1. The Morgan fingerprint density at radius 2 is 2.07 bits per heavy atom. The van der Waals surface area contributed by atoms with E-state index >= 15 is 0 Å². The van der Waals surface area contributed by atoms with Gasteiger partial charge in [-0.05, 0) is 23.8 Å². The van der Waals surface area contributed by atoms with E-state index in [9.17, 15) is 14.4 Å². The molecule has 2 N–H and O–H groups in total. The lowest BCUT2D eigenvalue weighted by Gasteiger charge is -2.21. The number of methoxy groups -OCH3 is 2. The number of nitrogens with one attached hydrogen (secondary N) is 2. The highest BCUT2D eigenvalue weighted by Gasteiger charge is 2.29. The van der Waals surface area contributed by atoms with Crippen LogP contribution in [0.15, 0.2) is 36.7 Å². The van der Waals surface area contributed by atoms with Crippen LogP contribution in [-0.4, -0.2) is 55.0 Å². The van der Waals surface area contributed by atoms with Crippen LogP contribution in [0.25, 0.3) is 0 Å². The van der Waals surface area contributed by atoms with Crippen LogP contribution in [0.4, 0.5) is 4.79 Å². The van der Waals surface area contributed by atoms with Crippen molar-refractivity contribution < 1.29 is 23.9 Å². The van der Waals surface area contributed by atoms with Crippen molar-refractivity contribution in [2.24, 2.45) is 0 Å². The second-order valence-electron chi connectivity index (χ2n) is 6.38. The minimum absolute atomic E-state index is 0.131. The average Bonchev–Trinajstić information content (AvgIpc) is 3.07. The van der Waals surface area contributed by atoms with Crippen molar-refractivity contribution in [2.75, 3.05) is 20.8 Å². The molecule has 1 aliphatic heterocycles. The number of benzene rings is 1. The van der Waals surface area contributed by atoms with E-state index in [1.54, 1.807) is 35.5 Å². The quantitative estimate of drug-likeness (QED) is 0.544. The highest BCUT2D eigenvalue weighted by molar-refractivity contribution is 5.98. The molecule has 30 heavy (non-hydrogen) atoms. The third-order valence-electron chi connectivity index (χ3n) is 4.43. The second-order valence-corrected chi connectivity index (χ2v) is 6.38. The van der Waals surface area contributed by atoms with Crippen molar-refractivity contribution in [3.63, 3.8) is 0 Å². The van der Waals surface area contributed by atoms with E-state index in [1.165, 1.54) is 14.2 Å². The van der Waals surface area contributed by atoms with Gasteiger partial charge >= 0.3 is 6.03 Å². The van der Waals surface area contributed by atoms with E-state index in [-0.39, 0.29) is 18.9 Å². The van der Waals surface area contributed by atoms with E-state index < -0.39 is 12.1 Å². The summed E-state index contributed by atoms with van der Waals surface area (Å²) in [4.78, 5) is 40.8. The Bertz CT molecular complexity index is 1030. The molecule has 0 fully saturated rings. The van der Waals surface area contributed by atoms with Crippen molar-refractivity contribution in [3.05, 3.63) is 53.3 Å². The van der Waals surface area contributed by atoms with Gasteiger partial charge < -0.3 is 19.7 Å². The molecule has 2 aromatic rings. The average molecular weight is 408 g/mol. The minimum Gasteiger partial charge on any atom is -0.497 e. The molecule has 4 amide bonds. The maximum absolute atomic E-state index is 12.8. The number of rotatable bonds is 6. The monoisotopic (exact) mass is 408 g/mol. The first-order valence-electron chi connectivity index (χ1n) is 9.01. The lowest BCUT2D eigenvalue weighted by Crippen LogP contribution is -2.46. The zero-order valence-corrected chi connectivity index (χ0v) is 16.5. The fourth-order valence-electron chi connectivity index (χ4n) is 2.99. The maximum Gasteiger partial charge on any atom is 0.322 e. The van der Waals surface area contributed by atoms with Gasteiger partial charge in [0.25, 0.3) is 5.91 Å². The number of imide groups is 1. The van der Waals surface area contributed by atoms with Crippen molar-refractivity contribution in [1.29, 1.82) is 0 Å². The third-order valence-corrected chi connectivity index (χ3v) is 4.43. The number of hydrogen-bond donors (Lipinski definition) is 2. The molecule has 0 saturated carbocycles. The number of urea groups is 1. The van der Waals surface area contributed by atoms with E-state index in [2.05, 4.69) is 22.1 Å². The molecular formula is C21H20N4O5. The Labute approximate surface area is 173 Å². The topological polar surface area (TPSA) is 110 Å². The number of pyridine rings is 1. The fourth-order valence-corrected chi connectivity index (χ4v) is 2.99. The second kappa shape index (κ2) is 9.43. The first-order chi connectivity index (χ1) is 14.5. The van der Waals surface area contributed by atoms with Crippen LogP contribution in [0, 0.1) is 11.8 Å². The number of carbonyl (C=O) groups is 3. The summed E-state index contributed by atoms with van der Waals surface area (Å²) in [5.74, 6) is 6.79. The number of ether oxygens (including phenoxy) is 2. The highest BCUT2D eigenvalue weighted by Crippen LogP contribution is 2.26. The largest absolute Gasteiger partial charge is 0.497 e. The van der Waals surface area contributed by atoms with Crippen LogP contribution in [0.3, 0.4) is 0 Å². The number of nitrogens with zero attached hydrogens (tertiary/aromatic N) is 2. The molecule has 0 unspecified atom stereocenters. The molecule has 9 heteroatoms. The third kappa shape index (κ3) is 4.86. The van der Waals surface area contributed by atoms with Crippen LogP contribution < -0.4 is 20.1 Å². The number of hydrogen-bond acceptors (Lipinski definition) is 6. The van der Waals surface area contributed by atoms with Gasteiger partial charge in [-0.25, -0.2) is 4.79 Å². The normalized spacial score (nSPS) is 12.9. The predicted molar refractivity (Wildman–Crippen MR) is 107 cm³/mol. The lowest BCUT2D eigenvalue weighted by molar-refractivity contribution is -0.108. The van der Waals surface area contributed by atoms with Crippen molar-refractivity contribution in [3.8, 4) is 23.3 Å². The molecule has 1 aromatic carbocycles. The van der Waals surface area contributed by atoms with E-state index in [0.29, 0.717) is 29.2 Å². The SMILES string of the molecule is COc1cncc(C#C[C@H](CN2Cc3ccc(OC)cc3C2=O)NC(=O)NC=O)c1. The summed E-state index contributed by atoms with van der Waals surface area (Å²) in [6, 6.07) is 5.58. The van der Waals surface area contributed by atoms with Crippen LogP contribution in [-0.2, 0) is 11.3 Å². The molecule has 1 atom stereocenters. The number of fused-ring (bicyclic) bond motifs is 1. The molecule has 0 aliphatic carbocycles. The van der Waals surface area contributed by atoms with Crippen LogP contribution >= 0.6 is 0 Å². The maximum atomic E-state index is 12.8. The Hall–Kier alpha value is -4.06. The summed E-state index contributed by atoms with van der Waals surface area (Å²) in [5.41, 5.74) is 2.00. The van der Waals surface area contributed by atoms with Crippen molar-refractivity contribution in [1.82, 2.24) is 20.5 Å². The molecule has 0 bridgehead atoms.